The van der Waals surface area contributed by atoms with E-state index in [1.54, 1.807) is 23.1 Å². The molecule has 3 heterocycles. The predicted octanol–water partition coefficient (Wildman–Crippen LogP) is 4.49. The number of hydrogen-bond donors (Lipinski definition) is 2. The fraction of sp³-hybridized carbons (Fsp3) is 0.273. The van der Waals surface area contributed by atoms with Gasteiger partial charge in [-0.05, 0) is 18.2 Å². The molecule has 10 heteroatoms. The summed E-state index contributed by atoms with van der Waals surface area (Å²) in [5.74, 6) is -0.787. The largest absolute Gasteiger partial charge is 0.481 e. The van der Waals surface area contributed by atoms with Gasteiger partial charge in [0.05, 0.1) is 35.5 Å². The number of thiazole rings is 1. The molecule has 0 fully saturated rings. The Hall–Kier alpha value is -2.40. The predicted molar refractivity (Wildman–Crippen MR) is 130 cm³/mol. The van der Waals surface area contributed by atoms with Crippen molar-refractivity contribution in [2.24, 2.45) is 0 Å². The van der Waals surface area contributed by atoms with Crippen LogP contribution in [0.4, 0.5) is 5.69 Å². The minimum absolute atomic E-state index is 0.0413. The van der Waals surface area contributed by atoms with Crippen LogP contribution in [0.3, 0.4) is 0 Å². The summed E-state index contributed by atoms with van der Waals surface area (Å²) in [5, 5.41) is 11.7. The highest BCUT2D eigenvalue weighted by Gasteiger charge is 2.37. The maximum Gasteiger partial charge on any atom is 0.308 e. The number of nitrogens with zero attached hydrogens (tertiary/aromatic N) is 2. The highest BCUT2D eigenvalue weighted by Crippen LogP contribution is 2.50. The highest BCUT2D eigenvalue weighted by molar-refractivity contribution is 8.04. The van der Waals surface area contributed by atoms with Gasteiger partial charge in [0, 0.05) is 11.0 Å². The van der Waals surface area contributed by atoms with Gasteiger partial charge in [-0.1, -0.05) is 61.2 Å². The summed E-state index contributed by atoms with van der Waals surface area (Å²) >= 11 is 3.39. The molecule has 1 aromatic heterocycles. The molecule has 7 nitrogen and oxygen atoms in total. The summed E-state index contributed by atoms with van der Waals surface area (Å²) in [6, 6.07) is 16.6. The number of para-hydroxylation sites is 2. The molecule has 0 unspecified atom stereocenters. The quantitative estimate of drug-likeness (QED) is 0.401. The first-order valence-corrected chi connectivity index (χ1v) is 13.5. The Balaban J connectivity index is 0.000000368. The van der Waals surface area contributed by atoms with E-state index in [0.717, 1.165) is 28.7 Å². The van der Waals surface area contributed by atoms with Crippen molar-refractivity contribution in [3.05, 3.63) is 58.6 Å². The van der Waals surface area contributed by atoms with Crippen LogP contribution >= 0.6 is 23.1 Å². The van der Waals surface area contributed by atoms with E-state index >= 15 is 0 Å². The summed E-state index contributed by atoms with van der Waals surface area (Å²) in [5.41, 5.74) is 3.29. The van der Waals surface area contributed by atoms with Crippen molar-refractivity contribution in [2.45, 2.75) is 31.7 Å². The van der Waals surface area contributed by atoms with Crippen molar-refractivity contribution < 1.29 is 27.4 Å². The molecule has 2 N–H and O–H groups in total. The lowest BCUT2D eigenvalue weighted by Gasteiger charge is -2.17. The third-order valence-electron chi connectivity index (χ3n) is 4.61. The number of hydrogen-bond acceptors (Lipinski definition) is 6. The minimum Gasteiger partial charge on any atom is -0.481 e. The van der Waals surface area contributed by atoms with Crippen LogP contribution in [0.25, 0.3) is 15.8 Å². The second kappa shape index (κ2) is 10.0. The molecule has 0 saturated heterocycles. The van der Waals surface area contributed by atoms with Gasteiger partial charge in [-0.25, -0.2) is 0 Å². The fourth-order valence-corrected chi connectivity index (χ4v) is 6.08. The van der Waals surface area contributed by atoms with Gasteiger partial charge in [0.15, 0.2) is 6.54 Å². The van der Waals surface area contributed by atoms with Crippen molar-refractivity contribution in [3.8, 4) is 0 Å². The first kappa shape index (κ1) is 24.2. The first-order valence-electron chi connectivity index (χ1n) is 10.1. The van der Waals surface area contributed by atoms with Gasteiger partial charge in [0.1, 0.15) is 4.70 Å². The minimum atomic E-state index is -3.67. The number of carboxylic acids is 1. The van der Waals surface area contributed by atoms with Crippen LogP contribution < -0.4 is 9.47 Å². The number of carbonyl (C=O) groups is 1. The number of benzene rings is 2. The second-order valence-electron chi connectivity index (χ2n) is 6.84. The Labute approximate surface area is 195 Å². The first-order chi connectivity index (χ1) is 15.2. The van der Waals surface area contributed by atoms with Crippen LogP contribution in [-0.2, 0) is 21.5 Å². The van der Waals surface area contributed by atoms with E-state index in [4.69, 9.17) is 4.55 Å². The van der Waals surface area contributed by atoms with Gasteiger partial charge in [0.2, 0.25) is 5.52 Å². The van der Waals surface area contributed by atoms with Crippen LogP contribution in [0, 0.1) is 0 Å². The van der Waals surface area contributed by atoms with E-state index in [2.05, 4.69) is 33.7 Å². The van der Waals surface area contributed by atoms with Crippen LogP contribution in [0.2, 0.25) is 0 Å². The zero-order chi connectivity index (χ0) is 23.5. The number of rotatable bonds is 2. The third-order valence-corrected chi connectivity index (χ3v) is 7.06. The van der Waals surface area contributed by atoms with Gasteiger partial charge in [0.25, 0.3) is 15.1 Å². The maximum atomic E-state index is 11.6. The Kier molecular flexibility index (Phi) is 7.60. The molecular formula is C22H25N2O5S3+. The number of aliphatic carboxylic acids is 1. The molecule has 5 rings (SSSR count). The smallest absolute Gasteiger partial charge is 0.308 e. The average molecular weight is 494 g/mol. The van der Waals surface area contributed by atoms with Gasteiger partial charge in [-0.2, -0.15) is 13.0 Å². The van der Waals surface area contributed by atoms with Gasteiger partial charge in [-0.3, -0.25) is 9.35 Å². The van der Waals surface area contributed by atoms with Crippen LogP contribution in [-0.4, -0.2) is 36.8 Å². The molecule has 170 valence electrons. The van der Waals surface area contributed by atoms with Crippen molar-refractivity contribution >= 4 is 60.7 Å². The molecule has 0 saturated carbocycles. The van der Waals surface area contributed by atoms with Crippen LogP contribution in [0.15, 0.2) is 58.5 Å². The Bertz CT molecular complexity index is 1270. The number of carboxylic acid groups (broad SMARTS) is 1. The molecule has 2 aliphatic rings. The molecule has 0 amide bonds. The molecule has 0 atom stereocenters. The second-order valence-corrected chi connectivity index (χ2v) is 10.4. The maximum absolute atomic E-state index is 11.6. The molecule has 0 radical (unpaired) electrons. The summed E-state index contributed by atoms with van der Waals surface area (Å²) < 4.78 is 29.4. The molecule has 0 aliphatic carbocycles. The van der Waals surface area contributed by atoms with Gasteiger partial charge >= 0.3 is 5.97 Å². The third kappa shape index (κ3) is 5.32. The summed E-state index contributed by atoms with van der Waals surface area (Å²) in [4.78, 5) is 15.1. The van der Waals surface area contributed by atoms with Crippen LogP contribution in [0.1, 0.15) is 25.3 Å². The van der Waals surface area contributed by atoms with Gasteiger partial charge < -0.3 is 10.0 Å². The van der Waals surface area contributed by atoms with Crippen molar-refractivity contribution in [3.63, 3.8) is 0 Å². The van der Waals surface area contributed by atoms with E-state index < -0.39 is 16.1 Å². The van der Waals surface area contributed by atoms with E-state index in [1.807, 2.05) is 38.1 Å². The number of thioether (sulfide) groups is 1. The van der Waals surface area contributed by atoms with E-state index in [-0.39, 0.29) is 6.42 Å². The van der Waals surface area contributed by atoms with Crippen molar-refractivity contribution in [1.29, 1.82) is 0 Å². The molecular weight excluding hydrogens is 468 g/mol. The molecule has 2 aromatic carbocycles. The lowest BCUT2D eigenvalue weighted by molar-refractivity contribution is -0.666. The van der Waals surface area contributed by atoms with Crippen molar-refractivity contribution in [2.75, 3.05) is 17.7 Å². The van der Waals surface area contributed by atoms with Gasteiger partial charge in [-0.15, -0.1) is 0 Å². The number of aromatic nitrogens is 1. The monoisotopic (exact) mass is 493 g/mol. The lowest BCUT2D eigenvalue weighted by atomic mass is 10.2. The van der Waals surface area contributed by atoms with Crippen LogP contribution in [0.5, 0.6) is 0 Å². The Morgan fingerprint density at radius 1 is 1.12 bits per heavy atom. The molecule has 0 spiro atoms. The Morgan fingerprint density at radius 3 is 2.44 bits per heavy atom. The number of anilines is 1. The lowest BCUT2D eigenvalue weighted by Crippen LogP contribution is -2.39. The molecule has 32 heavy (non-hydrogen) atoms. The average Bonchev–Trinajstić information content (AvgIpc) is 3.25. The topological polar surface area (TPSA) is 98.8 Å². The normalized spacial score (nSPS) is 14.3. The van der Waals surface area contributed by atoms with E-state index in [9.17, 15) is 18.3 Å². The highest BCUT2D eigenvalue weighted by atomic mass is 32.2. The summed E-state index contributed by atoms with van der Waals surface area (Å²) in [7, 11) is -3.67. The molecule has 0 bridgehead atoms. The Morgan fingerprint density at radius 2 is 1.75 bits per heavy atom. The summed E-state index contributed by atoms with van der Waals surface area (Å²) in [6.07, 6.45) is 0.757. The van der Waals surface area contributed by atoms with E-state index in [0.29, 0.717) is 6.26 Å². The zero-order valence-corrected chi connectivity index (χ0v) is 20.4. The SMILES string of the molecule is CC.CS(=O)(=O)O.O=C(O)CC1=C2Sc3ccccc3N2CC[n+]2c1sc1ccccc12. The fourth-order valence-electron chi connectivity index (χ4n) is 3.56. The standard InChI is InChI=1S/C19H14N2O2S2.C2H6.CH4O3S/c22-17(23)11-12-18-20(13-5-1-3-7-15(13)24-18)9-10-21-14-6-2-4-8-16(14)25-19(12)21;1-2;1-5(2,3)4/h1-8H,9-11H2;1-2H3;1H3,(H,2,3,4)/p+1. The summed E-state index contributed by atoms with van der Waals surface area (Å²) in [6.45, 7) is 5.70. The van der Waals surface area contributed by atoms with E-state index in [1.165, 1.54) is 20.8 Å². The molecule has 2 aliphatic heterocycles. The van der Waals surface area contributed by atoms with Crippen molar-refractivity contribution in [1.82, 2.24) is 0 Å². The zero-order valence-electron chi connectivity index (χ0n) is 18.0. The number of fused-ring (bicyclic) bond motifs is 6. The molecule has 3 aromatic rings.